The first-order valence-electron chi connectivity index (χ1n) is 6.69. The molecule has 0 amide bonds. The van der Waals surface area contributed by atoms with Crippen LogP contribution in [0.1, 0.15) is 22.8 Å². The molecule has 3 rings (SSSR count). The summed E-state index contributed by atoms with van der Waals surface area (Å²) in [6.07, 6.45) is -0.692. The molecule has 1 unspecified atom stereocenters. The maximum atomic E-state index is 10.8. The molecular weight excluding hydrogens is 348 g/mol. The summed E-state index contributed by atoms with van der Waals surface area (Å²) in [5.41, 5.74) is 2.92. The maximum absolute atomic E-state index is 10.8. The average molecular weight is 362 g/mol. The van der Waals surface area contributed by atoms with Crippen LogP contribution < -0.4 is 0 Å². The molecule has 0 fully saturated rings. The molecule has 21 heavy (non-hydrogen) atoms. The highest BCUT2D eigenvalue weighted by atomic mass is 79.9. The number of halogens is 2. The summed E-state index contributed by atoms with van der Waals surface area (Å²) in [5.74, 6) is 0. The molecular formula is C18H14BrClO. The van der Waals surface area contributed by atoms with E-state index in [4.69, 9.17) is 11.6 Å². The number of aliphatic hydroxyl groups is 1. The fourth-order valence-electron chi connectivity index (χ4n) is 2.60. The first-order valence-corrected chi connectivity index (χ1v) is 7.86. The first-order chi connectivity index (χ1) is 10.1. The molecule has 1 nitrogen and oxygen atoms in total. The molecule has 0 aromatic heterocycles. The van der Waals surface area contributed by atoms with Crippen molar-refractivity contribution in [2.24, 2.45) is 0 Å². The highest BCUT2D eigenvalue weighted by Gasteiger charge is 2.16. The summed E-state index contributed by atoms with van der Waals surface area (Å²) in [4.78, 5) is 0. The molecule has 1 N–H and O–H groups in total. The lowest BCUT2D eigenvalue weighted by Gasteiger charge is -2.17. The molecule has 0 aliphatic carbocycles. The second-order valence-electron chi connectivity index (χ2n) is 5.09. The molecule has 3 aromatic rings. The van der Waals surface area contributed by atoms with Crippen LogP contribution in [0, 0.1) is 6.92 Å². The molecule has 1 atom stereocenters. The Labute approximate surface area is 137 Å². The summed E-state index contributed by atoms with van der Waals surface area (Å²) in [6, 6.07) is 17.6. The number of rotatable bonds is 2. The van der Waals surface area contributed by atoms with Crippen LogP contribution in [-0.2, 0) is 0 Å². The van der Waals surface area contributed by atoms with E-state index in [2.05, 4.69) is 28.9 Å². The van der Waals surface area contributed by atoms with Gasteiger partial charge in [0.15, 0.2) is 0 Å². The first kappa shape index (κ1) is 14.6. The monoisotopic (exact) mass is 360 g/mol. The van der Waals surface area contributed by atoms with Gasteiger partial charge in [0.1, 0.15) is 6.10 Å². The Morgan fingerprint density at radius 3 is 2.33 bits per heavy atom. The lowest BCUT2D eigenvalue weighted by atomic mass is 9.94. The van der Waals surface area contributed by atoms with Crippen LogP contribution >= 0.6 is 27.5 Å². The Bertz CT molecular complexity index is 813. The molecule has 106 valence electrons. The van der Waals surface area contributed by atoms with E-state index in [1.165, 1.54) is 10.9 Å². The van der Waals surface area contributed by atoms with Crippen molar-refractivity contribution in [3.05, 3.63) is 80.8 Å². The predicted octanol–water partition coefficient (Wildman–Crippen LogP) is 5.65. The minimum absolute atomic E-state index is 0.645. The number of aryl methyl sites for hydroxylation is 1. The highest BCUT2D eigenvalue weighted by molar-refractivity contribution is 9.10. The smallest absolute Gasteiger partial charge is 0.106 e. The third-order valence-electron chi connectivity index (χ3n) is 3.73. The highest BCUT2D eigenvalue weighted by Crippen LogP contribution is 2.34. The van der Waals surface area contributed by atoms with Crippen molar-refractivity contribution in [1.29, 1.82) is 0 Å². The third kappa shape index (κ3) is 2.71. The molecule has 0 aliphatic rings. The van der Waals surface area contributed by atoms with Gasteiger partial charge in [0.05, 0.1) is 0 Å². The van der Waals surface area contributed by atoms with Gasteiger partial charge in [-0.05, 0) is 46.5 Å². The molecule has 0 bridgehead atoms. The van der Waals surface area contributed by atoms with Gasteiger partial charge >= 0.3 is 0 Å². The third-order valence-corrected chi connectivity index (χ3v) is 4.65. The standard InChI is InChI=1S/C18H14BrClO/c1-11-6-8-15(14-5-3-2-4-13(11)14)18(21)16-9-7-12(20)10-17(16)19/h2-10,18,21H,1H3. The minimum atomic E-state index is -0.692. The van der Waals surface area contributed by atoms with Gasteiger partial charge in [-0.15, -0.1) is 0 Å². The molecule has 0 spiro atoms. The molecule has 3 heteroatoms. The Balaban J connectivity index is 2.18. The average Bonchev–Trinajstić information content (AvgIpc) is 2.47. The van der Waals surface area contributed by atoms with E-state index in [-0.39, 0.29) is 0 Å². The second-order valence-corrected chi connectivity index (χ2v) is 6.38. The van der Waals surface area contributed by atoms with Gasteiger partial charge in [0.2, 0.25) is 0 Å². The van der Waals surface area contributed by atoms with Crippen molar-refractivity contribution in [1.82, 2.24) is 0 Å². The van der Waals surface area contributed by atoms with E-state index < -0.39 is 6.10 Å². The van der Waals surface area contributed by atoms with E-state index in [1.807, 2.05) is 36.4 Å². The zero-order chi connectivity index (χ0) is 15.0. The van der Waals surface area contributed by atoms with Gasteiger partial charge < -0.3 is 5.11 Å². The van der Waals surface area contributed by atoms with Crippen molar-refractivity contribution in [2.75, 3.05) is 0 Å². The quantitative estimate of drug-likeness (QED) is 0.625. The summed E-state index contributed by atoms with van der Waals surface area (Å²) in [5, 5.41) is 13.7. The van der Waals surface area contributed by atoms with Crippen molar-refractivity contribution in [3.63, 3.8) is 0 Å². The van der Waals surface area contributed by atoms with Gasteiger partial charge in [-0.1, -0.05) is 70.0 Å². The molecule has 0 aliphatic heterocycles. The summed E-state index contributed by atoms with van der Waals surface area (Å²) in [6.45, 7) is 2.08. The van der Waals surface area contributed by atoms with Crippen LogP contribution in [-0.4, -0.2) is 5.11 Å². The fourth-order valence-corrected chi connectivity index (χ4v) is 3.50. The van der Waals surface area contributed by atoms with Gasteiger partial charge in [-0.2, -0.15) is 0 Å². The largest absolute Gasteiger partial charge is 0.384 e. The van der Waals surface area contributed by atoms with Crippen LogP contribution in [0.15, 0.2) is 59.1 Å². The van der Waals surface area contributed by atoms with E-state index in [0.717, 1.165) is 21.0 Å². The number of fused-ring (bicyclic) bond motifs is 1. The normalized spacial score (nSPS) is 12.6. The van der Waals surface area contributed by atoms with Crippen molar-refractivity contribution in [3.8, 4) is 0 Å². The van der Waals surface area contributed by atoms with Gasteiger partial charge in [-0.3, -0.25) is 0 Å². The zero-order valence-corrected chi connectivity index (χ0v) is 13.8. The number of aliphatic hydroxyl groups excluding tert-OH is 1. The van der Waals surface area contributed by atoms with Crippen molar-refractivity contribution >= 4 is 38.3 Å². The molecule has 3 aromatic carbocycles. The van der Waals surface area contributed by atoms with Crippen molar-refractivity contribution < 1.29 is 5.11 Å². The van der Waals surface area contributed by atoms with Gasteiger partial charge in [-0.25, -0.2) is 0 Å². The predicted molar refractivity (Wildman–Crippen MR) is 91.9 cm³/mol. The molecule has 0 saturated carbocycles. The van der Waals surface area contributed by atoms with Gasteiger partial charge in [0.25, 0.3) is 0 Å². The van der Waals surface area contributed by atoms with E-state index in [1.54, 1.807) is 12.1 Å². The zero-order valence-electron chi connectivity index (χ0n) is 11.5. The molecule has 0 saturated heterocycles. The second kappa shape index (κ2) is 5.80. The van der Waals surface area contributed by atoms with E-state index in [0.29, 0.717) is 5.02 Å². The fraction of sp³-hybridized carbons (Fsp3) is 0.111. The summed E-state index contributed by atoms with van der Waals surface area (Å²) < 4.78 is 0.812. The van der Waals surface area contributed by atoms with E-state index >= 15 is 0 Å². The number of benzene rings is 3. The van der Waals surface area contributed by atoms with Crippen molar-refractivity contribution in [2.45, 2.75) is 13.0 Å². The Morgan fingerprint density at radius 2 is 1.62 bits per heavy atom. The SMILES string of the molecule is Cc1ccc(C(O)c2ccc(Cl)cc2Br)c2ccccc12. The van der Waals surface area contributed by atoms with Crippen LogP contribution in [0.4, 0.5) is 0 Å². The summed E-state index contributed by atoms with van der Waals surface area (Å²) in [7, 11) is 0. The Hall–Kier alpha value is -1.35. The topological polar surface area (TPSA) is 20.2 Å². The van der Waals surface area contributed by atoms with Crippen LogP contribution in [0.2, 0.25) is 5.02 Å². The minimum Gasteiger partial charge on any atom is -0.384 e. The molecule has 0 radical (unpaired) electrons. The lowest BCUT2D eigenvalue weighted by molar-refractivity contribution is 0.221. The van der Waals surface area contributed by atoms with Crippen LogP contribution in [0.5, 0.6) is 0 Å². The summed E-state index contributed by atoms with van der Waals surface area (Å²) >= 11 is 9.45. The van der Waals surface area contributed by atoms with E-state index in [9.17, 15) is 5.11 Å². The van der Waals surface area contributed by atoms with Crippen LogP contribution in [0.3, 0.4) is 0 Å². The number of hydrogen-bond donors (Lipinski definition) is 1. The number of hydrogen-bond acceptors (Lipinski definition) is 1. The van der Waals surface area contributed by atoms with Gasteiger partial charge in [0, 0.05) is 9.50 Å². The van der Waals surface area contributed by atoms with Crippen LogP contribution in [0.25, 0.3) is 10.8 Å². The Morgan fingerprint density at radius 1 is 0.952 bits per heavy atom. The molecule has 0 heterocycles. The lowest BCUT2D eigenvalue weighted by Crippen LogP contribution is -2.02. The Kier molecular flexibility index (Phi) is 4.03. The maximum Gasteiger partial charge on any atom is 0.106 e.